The normalized spacial score (nSPS) is 26.6. The number of carbonyl (C=O) groups is 1. The maximum absolute atomic E-state index is 10.9. The van der Waals surface area contributed by atoms with Gasteiger partial charge in [0.15, 0.2) is 0 Å². The van der Waals surface area contributed by atoms with Crippen molar-refractivity contribution in [1.82, 2.24) is 0 Å². The molecule has 1 N–H and O–H groups in total. The van der Waals surface area contributed by atoms with Crippen molar-refractivity contribution < 1.29 is 9.90 Å². The number of allylic oxidation sites excluding steroid dienone is 4. The fraction of sp³-hybridized carbons (Fsp3) is 0.542. The highest BCUT2D eigenvalue weighted by molar-refractivity contribution is 5.74. The fourth-order valence-corrected chi connectivity index (χ4v) is 4.29. The lowest BCUT2D eigenvalue weighted by Gasteiger charge is -2.42. The smallest absolute Gasteiger partial charge is 0.307 e. The van der Waals surface area contributed by atoms with Crippen molar-refractivity contribution >= 4 is 11.5 Å². The lowest BCUT2D eigenvalue weighted by atomic mass is 9.62. The average molecular weight is 353 g/mol. The van der Waals surface area contributed by atoms with Crippen molar-refractivity contribution in [3.63, 3.8) is 0 Å². The lowest BCUT2D eigenvalue weighted by Crippen LogP contribution is -2.34. The van der Waals surface area contributed by atoms with E-state index in [1.807, 2.05) is 12.2 Å². The molecule has 0 aromatic heterocycles. The van der Waals surface area contributed by atoms with Crippen LogP contribution in [0.3, 0.4) is 0 Å². The van der Waals surface area contributed by atoms with Crippen molar-refractivity contribution in [3.8, 4) is 0 Å². The predicted octanol–water partition coefficient (Wildman–Crippen LogP) is 6.02. The van der Waals surface area contributed by atoms with Gasteiger partial charge in [-0.1, -0.05) is 58.1 Å². The second-order valence-electron chi connectivity index (χ2n) is 9.56. The zero-order valence-corrected chi connectivity index (χ0v) is 17.0. The molecular weight excluding hydrogens is 320 g/mol. The third kappa shape index (κ3) is 3.51. The Labute approximate surface area is 158 Å². The molecule has 2 nitrogen and oxygen atoms in total. The molecule has 0 aliphatic heterocycles. The zero-order chi connectivity index (χ0) is 19.3. The third-order valence-corrected chi connectivity index (χ3v) is 6.48. The first-order chi connectivity index (χ1) is 12.0. The average Bonchev–Trinajstić information content (AvgIpc) is 3.31. The highest BCUT2D eigenvalue weighted by Gasteiger charge is 2.41. The van der Waals surface area contributed by atoms with Crippen LogP contribution in [0.25, 0.3) is 5.57 Å². The number of carboxylic acids is 1. The maximum atomic E-state index is 10.9. The highest BCUT2D eigenvalue weighted by Crippen LogP contribution is 2.47. The van der Waals surface area contributed by atoms with Gasteiger partial charge in [0.25, 0.3) is 0 Å². The Kier molecular flexibility index (Phi) is 4.67. The molecule has 0 saturated heterocycles. The number of carboxylic acid groups (broad SMARTS) is 1. The van der Waals surface area contributed by atoms with Crippen molar-refractivity contribution in [2.75, 3.05) is 0 Å². The third-order valence-electron chi connectivity index (χ3n) is 6.48. The summed E-state index contributed by atoms with van der Waals surface area (Å²) < 4.78 is 0. The first-order valence-electron chi connectivity index (χ1n) is 9.77. The summed E-state index contributed by atoms with van der Waals surface area (Å²) in [4.78, 5) is 10.9. The van der Waals surface area contributed by atoms with Crippen molar-refractivity contribution in [2.45, 2.75) is 71.6 Å². The lowest BCUT2D eigenvalue weighted by molar-refractivity contribution is -0.138. The number of aliphatic carboxylic acids is 1. The number of rotatable bonds is 4. The highest BCUT2D eigenvalue weighted by atomic mass is 16.4. The molecule has 0 bridgehead atoms. The first-order valence-corrected chi connectivity index (χ1v) is 9.77. The SMILES string of the molecule is C/C(=C\C=C\[C@@H]1C[C@H]1C(=O)O)c1cc2c(cc1C)C(C)(C)CCC2(C)C. The van der Waals surface area contributed by atoms with E-state index in [1.165, 1.54) is 40.7 Å². The Morgan fingerprint density at radius 2 is 1.69 bits per heavy atom. The molecule has 0 spiro atoms. The summed E-state index contributed by atoms with van der Waals surface area (Å²) in [5.41, 5.74) is 7.32. The van der Waals surface area contributed by atoms with Gasteiger partial charge < -0.3 is 5.11 Å². The van der Waals surface area contributed by atoms with Crippen LogP contribution in [0, 0.1) is 18.8 Å². The van der Waals surface area contributed by atoms with E-state index < -0.39 is 5.97 Å². The van der Waals surface area contributed by atoms with Gasteiger partial charge in [-0.3, -0.25) is 4.79 Å². The van der Waals surface area contributed by atoms with Gasteiger partial charge in [-0.15, -0.1) is 0 Å². The molecule has 2 heteroatoms. The van der Waals surface area contributed by atoms with Crippen LogP contribution in [-0.2, 0) is 15.6 Å². The minimum Gasteiger partial charge on any atom is -0.481 e. The molecule has 0 radical (unpaired) electrons. The molecule has 26 heavy (non-hydrogen) atoms. The van der Waals surface area contributed by atoms with Gasteiger partial charge >= 0.3 is 5.97 Å². The van der Waals surface area contributed by atoms with Crippen LogP contribution in [0.4, 0.5) is 0 Å². The van der Waals surface area contributed by atoms with E-state index in [-0.39, 0.29) is 22.7 Å². The van der Waals surface area contributed by atoms with Gasteiger partial charge in [-0.2, -0.15) is 0 Å². The largest absolute Gasteiger partial charge is 0.481 e. The van der Waals surface area contributed by atoms with Crippen LogP contribution >= 0.6 is 0 Å². The number of hydrogen-bond donors (Lipinski definition) is 1. The van der Waals surface area contributed by atoms with Gasteiger partial charge in [0.2, 0.25) is 0 Å². The van der Waals surface area contributed by atoms with Gasteiger partial charge in [-0.05, 0) is 77.7 Å². The van der Waals surface area contributed by atoms with Crippen LogP contribution in [0.5, 0.6) is 0 Å². The molecule has 0 unspecified atom stereocenters. The summed E-state index contributed by atoms with van der Waals surface area (Å²) in [7, 11) is 0. The molecule has 2 aliphatic rings. The number of fused-ring (bicyclic) bond motifs is 1. The van der Waals surface area contributed by atoms with Crippen LogP contribution < -0.4 is 0 Å². The second kappa shape index (κ2) is 6.40. The fourth-order valence-electron chi connectivity index (χ4n) is 4.29. The van der Waals surface area contributed by atoms with E-state index in [9.17, 15) is 4.79 Å². The van der Waals surface area contributed by atoms with E-state index in [2.05, 4.69) is 59.8 Å². The maximum Gasteiger partial charge on any atom is 0.307 e. The molecule has 2 aliphatic carbocycles. The Morgan fingerprint density at radius 1 is 1.12 bits per heavy atom. The molecule has 1 fully saturated rings. The molecule has 2 atom stereocenters. The minimum absolute atomic E-state index is 0.173. The van der Waals surface area contributed by atoms with E-state index in [0.717, 1.165) is 6.42 Å². The Balaban J connectivity index is 1.90. The first kappa shape index (κ1) is 18.9. The van der Waals surface area contributed by atoms with Crippen molar-refractivity contribution in [3.05, 3.63) is 52.6 Å². The van der Waals surface area contributed by atoms with E-state index in [1.54, 1.807) is 0 Å². The molecular formula is C24H32O2. The Bertz CT molecular complexity index is 793. The molecule has 3 rings (SSSR count). The summed E-state index contributed by atoms with van der Waals surface area (Å²) in [6.07, 6.45) is 9.44. The molecule has 1 aromatic rings. The second-order valence-corrected chi connectivity index (χ2v) is 9.56. The number of benzene rings is 1. The van der Waals surface area contributed by atoms with Crippen LogP contribution in [0.2, 0.25) is 0 Å². The van der Waals surface area contributed by atoms with Crippen LogP contribution in [-0.4, -0.2) is 11.1 Å². The van der Waals surface area contributed by atoms with Gasteiger partial charge in [-0.25, -0.2) is 0 Å². The summed E-state index contributed by atoms with van der Waals surface area (Å²) in [6, 6.07) is 4.80. The van der Waals surface area contributed by atoms with Crippen molar-refractivity contribution in [1.29, 1.82) is 0 Å². The van der Waals surface area contributed by atoms with Gasteiger partial charge in [0, 0.05) is 0 Å². The minimum atomic E-state index is -0.671. The Morgan fingerprint density at radius 3 is 2.23 bits per heavy atom. The molecule has 0 amide bonds. The van der Waals surface area contributed by atoms with E-state index >= 15 is 0 Å². The summed E-state index contributed by atoms with van der Waals surface area (Å²) in [5.74, 6) is -0.634. The summed E-state index contributed by atoms with van der Waals surface area (Å²) in [6.45, 7) is 13.8. The summed E-state index contributed by atoms with van der Waals surface area (Å²) >= 11 is 0. The molecule has 1 aromatic carbocycles. The van der Waals surface area contributed by atoms with Crippen LogP contribution in [0.1, 0.15) is 76.1 Å². The zero-order valence-electron chi connectivity index (χ0n) is 17.0. The van der Waals surface area contributed by atoms with Crippen LogP contribution in [0.15, 0.2) is 30.4 Å². The van der Waals surface area contributed by atoms with E-state index in [0.29, 0.717) is 0 Å². The Hall–Kier alpha value is -1.83. The van der Waals surface area contributed by atoms with Crippen molar-refractivity contribution in [2.24, 2.45) is 11.8 Å². The topological polar surface area (TPSA) is 37.3 Å². The van der Waals surface area contributed by atoms with Gasteiger partial charge in [0.1, 0.15) is 0 Å². The monoisotopic (exact) mass is 352 g/mol. The summed E-state index contributed by atoms with van der Waals surface area (Å²) in [5, 5.41) is 9.00. The van der Waals surface area contributed by atoms with E-state index in [4.69, 9.17) is 5.11 Å². The predicted molar refractivity (Wildman–Crippen MR) is 108 cm³/mol. The quantitative estimate of drug-likeness (QED) is 0.672. The number of aryl methyl sites for hydroxylation is 1. The molecule has 0 heterocycles. The molecule has 140 valence electrons. The molecule has 1 saturated carbocycles. The van der Waals surface area contributed by atoms with Gasteiger partial charge in [0.05, 0.1) is 5.92 Å². The standard InChI is InChI=1S/C24H32O2/c1-15(8-7-9-17-13-19(17)22(25)26)18-14-21-20(12-16(18)2)23(3,4)10-11-24(21,5)6/h7-9,12,14,17,19H,10-11,13H2,1-6H3,(H,25,26)/b9-7+,15-8+/t17-,19-/m1/s1. The number of hydrogen-bond acceptors (Lipinski definition) is 1.